The maximum absolute atomic E-state index is 11.9. The number of benzene rings is 1. The molecule has 0 aliphatic rings. The van der Waals surface area contributed by atoms with Crippen molar-refractivity contribution in [2.75, 3.05) is 21.3 Å². The number of ether oxygens (including phenoxy) is 3. The third kappa shape index (κ3) is 4.64. The van der Waals surface area contributed by atoms with E-state index < -0.39 is 5.60 Å². The highest BCUT2D eigenvalue weighted by Crippen LogP contribution is 2.25. The van der Waals surface area contributed by atoms with Gasteiger partial charge < -0.3 is 19.1 Å². The molecule has 1 aromatic carbocycles. The molecule has 0 radical (unpaired) electrons. The summed E-state index contributed by atoms with van der Waals surface area (Å²) in [4.78, 5) is 13.4. The Hall–Kier alpha value is -1.91. The molecule has 5 heteroatoms. The fourth-order valence-corrected chi connectivity index (χ4v) is 1.64. The smallest absolute Gasteiger partial charge is 0.410 e. The lowest BCUT2D eigenvalue weighted by Gasteiger charge is -2.25. The quantitative estimate of drug-likeness (QED) is 0.851. The van der Waals surface area contributed by atoms with Crippen LogP contribution in [0.3, 0.4) is 0 Å². The van der Waals surface area contributed by atoms with Gasteiger partial charge in [0.25, 0.3) is 0 Å². The second-order valence-electron chi connectivity index (χ2n) is 5.51. The van der Waals surface area contributed by atoms with Gasteiger partial charge in [-0.25, -0.2) is 4.79 Å². The average molecular weight is 281 g/mol. The Balaban J connectivity index is 2.80. The first-order chi connectivity index (χ1) is 9.26. The van der Waals surface area contributed by atoms with Crippen molar-refractivity contribution < 1.29 is 19.0 Å². The zero-order chi connectivity index (χ0) is 15.3. The van der Waals surface area contributed by atoms with E-state index in [2.05, 4.69) is 0 Å². The molecule has 0 N–H and O–H groups in total. The van der Waals surface area contributed by atoms with Crippen molar-refractivity contribution in [3.05, 3.63) is 23.8 Å². The van der Waals surface area contributed by atoms with E-state index in [9.17, 15) is 4.79 Å². The van der Waals surface area contributed by atoms with Gasteiger partial charge in [0.2, 0.25) is 0 Å². The van der Waals surface area contributed by atoms with Crippen LogP contribution in [-0.4, -0.2) is 37.9 Å². The predicted octanol–water partition coefficient (Wildman–Crippen LogP) is 3.07. The number of amides is 1. The standard InChI is InChI=1S/C15H23NO4/c1-15(2,3)20-14(17)16(4)10-11-7-8-12(18-5)9-13(11)19-6/h7-9H,10H2,1-6H3. The molecular weight excluding hydrogens is 258 g/mol. The molecule has 0 atom stereocenters. The molecule has 1 rings (SSSR count). The average Bonchev–Trinajstić information content (AvgIpc) is 2.37. The molecule has 5 nitrogen and oxygen atoms in total. The third-order valence-electron chi connectivity index (χ3n) is 2.61. The summed E-state index contributed by atoms with van der Waals surface area (Å²) in [6, 6.07) is 5.50. The van der Waals surface area contributed by atoms with Gasteiger partial charge in [0, 0.05) is 18.7 Å². The van der Waals surface area contributed by atoms with Crippen LogP contribution < -0.4 is 9.47 Å². The van der Waals surface area contributed by atoms with E-state index in [1.807, 2.05) is 32.9 Å². The number of methoxy groups -OCH3 is 2. The molecule has 0 aliphatic heterocycles. The first kappa shape index (κ1) is 16.1. The molecular formula is C15H23NO4. The Morgan fingerprint density at radius 2 is 1.85 bits per heavy atom. The Bertz CT molecular complexity index is 465. The second kappa shape index (κ2) is 6.50. The van der Waals surface area contributed by atoms with Crippen LogP contribution in [0.25, 0.3) is 0 Å². The minimum absolute atomic E-state index is 0.365. The van der Waals surface area contributed by atoms with Gasteiger partial charge in [-0.2, -0.15) is 0 Å². The van der Waals surface area contributed by atoms with Crippen LogP contribution >= 0.6 is 0 Å². The van der Waals surface area contributed by atoms with Crippen molar-refractivity contribution in [3.63, 3.8) is 0 Å². The van der Waals surface area contributed by atoms with Gasteiger partial charge >= 0.3 is 6.09 Å². The molecule has 0 aliphatic carbocycles. The summed E-state index contributed by atoms with van der Waals surface area (Å²) < 4.78 is 15.8. The van der Waals surface area contributed by atoms with Crippen LogP contribution in [0.5, 0.6) is 11.5 Å². The highest BCUT2D eigenvalue weighted by atomic mass is 16.6. The van der Waals surface area contributed by atoms with E-state index in [-0.39, 0.29) is 6.09 Å². The number of nitrogens with zero attached hydrogens (tertiary/aromatic N) is 1. The third-order valence-corrected chi connectivity index (χ3v) is 2.61. The van der Waals surface area contributed by atoms with Gasteiger partial charge in [-0.05, 0) is 32.9 Å². The minimum Gasteiger partial charge on any atom is -0.497 e. The highest BCUT2D eigenvalue weighted by molar-refractivity contribution is 5.68. The molecule has 1 aromatic rings. The van der Waals surface area contributed by atoms with Gasteiger partial charge in [0.15, 0.2) is 0 Å². The lowest BCUT2D eigenvalue weighted by Crippen LogP contribution is -2.33. The first-order valence-electron chi connectivity index (χ1n) is 6.42. The van der Waals surface area contributed by atoms with Crippen molar-refractivity contribution in [3.8, 4) is 11.5 Å². The summed E-state index contributed by atoms with van der Waals surface area (Å²) in [7, 11) is 4.88. The zero-order valence-corrected chi connectivity index (χ0v) is 13.0. The monoisotopic (exact) mass is 281 g/mol. The number of carbonyl (C=O) groups is 1. The van der Waals surface area contributed by atoms with Gasteiger partial charge in [0.05, 0.1) is 20.8 Å². The summed E-state index contributed by atoms with van der Waals surface area (Å²) in [6.45, 7) is 5.92. The highest BCUT2D eigenvalue weighted by Gasteiger charge is 2.20. The SMILES string of the molecule is COc1ccc(CN(C)C(=O)OC(C)(C)C)c(OC)c1. The fraction of sp³-hybridized carbons (Fsp3) is 0.533. The zero-order valence-electron chi connectivity index (χ0n) is 13.0. The van der Waals surface area contributed by atoms with Gasteiger partial charge in [-0.1, -0.05) is 0 Å². The lowest BCUT2D eigenvalue weighted by molar-refractivity contribution is 0.0284. The first-order valence-corrected chi connectivity index (χ1v) is 6.42. The Morgan fingerprint density at radius 3 is 2.35 bits per heavy atom. The van der Waals surface area contributed by atoms with Gasteiger partial charge in [-0.3, -0.25) is 0 Å². The van der Waals surface area contributed by atoms with E-state index in [0.717, 1.165) is 5.56 Å². The maximum Gasteiger partial charge on any atom is 0.410 e. The molecule has 0 heterocycles. The van der Waals surface area contributed by atoms with Crippen LogP contribution in [0.2, 0.25) is 0 Å². The maximum atomic E-state index is 11.9. The molecule has 1 amide bonds. The number of hydrogen-bond acceptors (Lipinski definition) is 4. The van der Waals surface area contributed by atoms with Crippen LogP contribution in [-0.2, 0) is 11.3 Å². The van der Waals surface area contributed by atoms with Gasteiger partial charge in [0.1, 0.15) is 17.1 Å². The topological polar surface area (TPSA) is 48.0 Å². The predicted molar refractivity (Wildman–Crippen MR) is 77.2 cm³/mol. The molecule has 0 fully saturated rings. The van der Waals surface area contributed by atoms with E-state index in [1.165, 1.54) is 4.90 Å². The second-order valence-corrected chi connectivity index (χ2v) is 5.51. The van der Waals surface area contributed by atoms with Gasteiger partial charge in [-0.15, -0.1) is 0 Å². The normalized spacial score (nSPS) is 10.9. The largest absolute Gasteiger partial charge is 0.497 e. The summed E-state index contributed by atoms with van der Waals surface area (Å²) in [5.41, 5.74) is 0.386. The molecule has 0 saturated carbocycles. The van der Waals surface area contributed by atoms with Crippen LogP contribution in [0.1, 0.15) is 26.3 Å². The number of carbonyl (C=O) groups excluding carboxylic acids is 1. The van der Waals surface area contributed by atoms with Crippen molar-refractivity contribution in [1.82, 2.24) is 4.90 Å². The molecule has 0 unspecified atom stereocenters. The summed E-state index contributed by atoms with van der Waals surface area (Å²) in [5.74, 6) is 1.39. The Kier molecular flexibility index (Phi) is 5.25. The molecule has 0 saturated heterocycles. The molecule has 0 aromatic heterocycles. The molecule has 0 bridgehead atoms. The molecule has 0 spiro atoms. The van der Waals surface area contributed by atoms with Crippen LogP contribution in [0.4, 0.5) is 4.79 Å². The van der Waals surface area contributed by atoms with E-state index in [4.69, 9.17) is 14.2 Å². The summed E-state index contributed by atoms with van der Waals surface area (Å²) in [5, 5.41) is 0. The van der Waals surface area contributed by atoms with E-state index in [1.54, 1.807) is 27.3 Å². The van der Waals surface area contributed by atoms with Crippen molar-refractivity contribution in [1.29, 1.82) is 0 Å². The van der Waals surface area contributed by atoms with E-state index >= 15 is 0 Å². The molecule has 112 valence electrons. The van der Waals surface area contributed by atoms with E-state index in [0.29, 0.717) is 18.0 Å². The van der Waals surface area contributed by atoms with Crippen molar-refractivity contribution in [2.45, 2.75) is 32.9 Å². The van der Waals surface area contributed by atoms with Crippen molar-refractivity contribution >= 4 is 6.09 Å². The number of rotatable bonds is 4. The summed E-state index contributed by atoms with van der Waals surface area (Å²) in [6.07, 6.45) is -0.365. The van der Waals surface area contributed by atoms with Crippen LogP contribution in [0.15, 0.2) is 18.2 Å². The Labute approximate surface area is 120 Å². The van der Waals surface area contributed by atoms with Crippen molar-refractivity contribution in [2.24, 2.45) is 0 Å². The number of hydrogen-bond donors (Lipinski definition) is 0. The minimum atomic E-state index is -0.505. The Morgan fingerprint density at radius 1 is 1.20 bits per heavy atom. The lowest BCUT2D eigenvalue weighted by atomic mass is 10.2. The van der Waals surface area contributed by atoms with Crippen LogP contribution in [0, 0.1) is 0 Å². The molecule has 20 heavy (non-hydrogen) atoms. The fourth-order valence-electron chi connectivity index (χ4n) is 1.64. The summed E-state index contributed by atoms with van der Waals surface area (Å²) >= 11 is 0.